The molecule has 0 heterocycles. The van der Waals surface area contributed by atoms with Gasteiger partial charge in [-0.3, -0.25) is 9.13 Å². The van der Waals surface area contributed by atoms with Crippen LogP contribution in [0.25, 0.3) is 27.6 Å². The SMILES string of the molecule is CCOP(=O)(OCC)C(=Cc1c2ccccc2cc2ccccc12)P(=O)(OCC)OCC. The highest BCUT2D eigenvalue weighted by atomic mass is 31.2. The van der Waals surface area contributed by atoms with E-state index in [1.54, 1.807) is 33.8 Å². The van der Waals surface area contributed by atoms with Crippen molar-refractivity contribution in [2.24, 2.45) is 0 Å². The molecule has 0 amide bonds. The van der Waals surface area contributed by atoms with Gasteiger partial charge in [0.1, 0.15) is 0 Å². The third-order valence-electron chi connectivity index (χ3n) is 4.84. The first-order chi connectivity index (χ1) is 15.4. The maximum Gasteiger partial charge on any atom is 0.369 e. The molecule has 0 spiro atoms. The predicted molar refractivity (Wildman–Crippen MR) is 131 cm³/mol. The molecule has 0 fully saturated rings. The Morgan fingerprint density at radius 2 is 1.06 bits per heavy atom. The highest BCUT2D eigenvalue weighted by Gasteiger charge is 2.45. The number of benzene rings is 3. The molecular weight excluding hydrogens is 446 g/mol. The van der Waals surface area contributed by atoms with Crippen LogP contribution >= 0.6 is 15.2 Å². The summed E-state index contributed by atoms with van der Waals surface area (Å²) in [6, 6.07) is 17.9. The molecule has 0 aliphatic carbocycles. The van der Waals surface area contributed by atoms with Gasteiger partial charge >= 0.3 is 15.2 Å². The summed E-state index contributed by atoms with van der Waals surface area (Å²) in [4.78, 5) is 0. The number of hydrogen-bond acceptors (Lipinski definition) is 6. The van der Waals surface area contributed by atoms with Crippen molar-refractivity contribution < 1.29 is 27.2 Å². The summed E-state index contributed by atoms with van der Waals surface area (Å²) in [6.07, 6.45) is 1.63. The van der Waals surface area contributed by atoms with Crippen LogP contribution in [0.15, 0.2) is 59.7 Å². The highest BCUT2D eigenvalue weighted by molar-refractivity contribution is 7.79. The Morgan fingerprint density at radius 1 is 0.688 bits per heavy atom. The van der Waals surface area contributed by atoms with Gasteiger partial charge in [-0.25, -0.2) is 0 Å². The normalized spacial score (nSPS) is 12.4. The van der Waals surface area contributed by atoms with Crippen LogP contribution < -0.4 is 0 Å². The fourth-order valence-electron chi connectivity index (χ4n) is 3.66. The van der Waals surface area contributed by atoms with Crippen LogP contribution in [0.5, 0.6) is 0 Å². The van der Waals surface area contributed by atoms with Gasteiger partial charge in [-0.05, 0) is 66.9 Å². The van der Waals surface area contributed by atoms with Gasteiger partial charge in [0.05, 0.1) is 26.4 Å². The van der Waals surface area contributed by atoms with Crippen LogP contribution in [0.3, 0.4) is 0 Å². The molecule has 0 bridgehead atoms. The maximum absolute atomic E-state index is 13.9. The lowest BCUT2D eigenvalue weighted by Gasteiger charge is -2.26. The van der Waals surface area contributed by atoms with E-state index < -0.39 is 15.2 Å². The molecular formula is C24H30O6P2. The Labute approximate surface area is 189 Å². The van der Waals surface area contributed by atoms with Crippen molar-refractivity contribution in [3.05, 3.63) is 65.2 Å². The molecule has 32 heavy (non-hydrogen) atoms. The third-order valence-corrected chi connectivity index (χ3v) is 10.1. The molecule has 0 saturated carbocycles. The molecule has 6 nitrogen and oxygen atoms in total. The Bertz CT molecular complexity index is 1100. The van der Waals surface area contributed by atoms with Crippen molar-refractivity contribution in [2.75, 3.05) is 26.4 Å². The van der Waals surface area contributed by atoms with Gasteiger partial charge < -0.3 is 18.1 Å². The minimum absolute atomic E-state index is 0.0843. The Morgan fingerprint density at radius 3 is 1.44 bits per heavy atom. The van der Waals surface area contributed by atoms with Gasteiger partial charge in [0.15, 0.2) is 5.06 Å². The molecule has 3 aromatic carbocycles. The maximum atomic E-state index is 13.9. The van der Waals surface area contributed by atoms with E-state index in [0.717, 1.165) is 27.1 Å². The van der Waals surface area contributed by atoms with E-state index in [9.17, 15) is 9.13 Å². The summed E-state index contributed by atoms with van der Waals surface area (Å²) in [5, 5.41) is 3.76. The minimum Gasteiger partial charge on any atom is -0.305 e. The Balaban J connectivity index is 2.43. The van der Waals surface area contributed by atoms with Crippen LogP contribution in [0.1, 0.15) is 33.3 Å². The van der Waals surface area contributed by atoms with E-state index in [4.69, 9.17) is 18.1 Å². The summed E-state index contributed by atoms with van der Waals surface area (Å²) < 4.78 is 50.3. The average molecular weight is 476 g/mol. The average Bonchev–Trinajstić information content (AvgIpc) is 2.77. The lowest BCUT2D eigenvalue weighted by atomic mass is 9.97. The molecule has 0 saturated heterocycles. The first kappa shape index (κ1) is 24.9. The monoisotopic (exact) mass is 476 g/mol. The second-order valence-electron chi connectivity index (χ2n) is 6.90. The van der Waals surface area contributed by atoms with Crippen LogP contribution in [0.2, 0.25) is 0 Å². The molecule has 0 aromatic heterocycles. The summed E-state index contributed by atoms with van der Waals surface area (Å²) >= 11 is 0. The van der Waals surface area contributed by atoms with Crippen LogP contribution in [-0.4, -0.2) is 26.4 Å². The van der Waals surface area contributed by atoms with Gasteiger partial charge in [0, 0.05) is 0 Å². The topological polar surface area (TPSA) is 71.1 Å². The summed E-state index contributed by atoms with van der Waals surface area (Å²) in [5.41, 5.74) is 0.757. The van der Waals surface area contributed by atoms with Gasteiger partial charge in [-0.1, -0.05) is 48.5 Å². The van der Waals surface area contributed by atoms with E-state index in [2.05, 4.69) is 6.07 Å². The number of hydrogen-bond donors (Lipinski definition) is 0. The van der Waals surface area contributed by atoms with Crippen molar-refractivity contribution in [3.8, 4) is 0 Å². The Hall–Kier alpha value is -1.78. The summed E-state index contributed by atoms with van der Waals surface area (Å²) in [7, 11) is -7.97. The van der Waals surface area contributed by atoms with Gasteiger partial charge in [0.2, 0.25) is 0 Å². The third kappa shape index (κ3) is 5.07. The van der Waals surface area contributed by atoms with E-state index in [-0.39, 0.29) is 31.5 Å². The van der Waals surface area contributed by atoms with E-state index in [0.29, 0.717) is 0 Å². The van der Waals surface area contributed by atoms with Crippen molar-refractivity contribution in [1.29, 1.82) is 0 Å². The van der Waals surface area contributed by atoms with Crippen molar-refractivity contribution in [3.63, 3.8) is 0 Å². The fraction of sp³-hybridized carbons (Fsp3) is 0.333. The zero-order valence-corrected chi connectivity index (χ0v) is 20.7. The minimum atomic E-state index is -3.98. The molecule has 3 aromatic rings. The molecule has 0 aliphatic heterocycles. The molecule has 0 unspecified atom stereocenters. The zero-order chi connectivity index (χ0) is 23.2. The predicted octanol–water partition coefficient (Wildman–Crippen LogP) is 7.82. The number of fused-ring (bicyclic) bond motifs is 2. The first-order valence-corrected chi connectivity index (χ1v) is 13.9. The van der Waals surface area contributed by atoms with Crippen molar-refractivity contribution >= 4 is 42.8 Å². The molecule has 0 radical (unpaired) electrons. The lowest BCUT2D eigenvalue weighted by Crippen LogP contribution is -2.05. The molecule has 3 rings (SSSR count). The highest BCUT2D eigenvalue weighted by Crippen LogP contribution is 2.74. The molecule has 172 valence electrons. The summed E-state index contributed by atoms with van der Waals surface area (Å²) in [6.45, 7) is 7.30. The summed E-state index contributed by atoms with van der Waals surface area (Å²) in [5.74, 6) is 0. The second-order valence-corrected chi connectivity index (χ2v) is 11.2. The number of rotatable bonds is 11. The molecule has 0 aliphatic rings. The van der Waals surface area contributed by atoms with Crippen molar-refractivity contribution in [2.45, 2.75) is 27.7 Å². The van der Waals surface area contributed by atoms with Crippen LogP contribution in [-0.2, 0) is 27.2 Å². The van der Waals surface area contributed by atoms with E-state index in [1.165, 1.54) is 0 Å². The van der Waals surface area contributed by atoms with Crippen molar-refractivity contribution in [1.82, 2.24) is 0 Å². The fourth-order valence-corrected chi connectivity index (χ4v) is 8.17. The van der Waals surface area contributed by atoms with Crippen LogP contribution in [0.4, 0.5) is 0 Å². The Kier molecular flexibility index (Phi) is 8.46. The first-order valence-electron chi connectivity index (χ1n) is 10.8. The molecule has 0 atom stereocenters. The van der Waals surface area contributed by atoms with Gasteiger partial charge in [-0.15, -0.1) is 0 Å². The van der Waals surface area contributed by atoms with E-state index in [1.807, 2.05) is 48.5 Å². The van der Waals surface area contributed by atoms with Gasteiger partial charge in [-0.2, -0.15) is 0 Å². The zero-order valence-electron chi connectivity index (χ0n) is 18.9. The van der Waals surface area contributed by atoms with E-state index >= 15 is 0 Å². The lowest BCUT2D eigenvalue weighted by molar-refractivity contribution is 0.214. The standard InChI is InChI=1S/C24H30O6P2/c1-5-27-31(25,28-6-2)24(32(26,29-7-3)30-8-4)18-23-21-15-11-9-13-19(21)17-20-14-10-12-16-22(20)23/h9-18H,5-8H2,1-4H3. The quantitative estimate of drug-likeness (QED) is 0.208. The van der Waals surface area contributed by atoms with Gasteiger partial charge in [0.25, 0.3) is 0 Å². The molecule has 8 heteroatoms. The smallest absolute Gasteiger partial charge is 0.305 e. The van der Waals surface area contributed by atoms with Crippen LogP contribution in [0, 0.1) is 0 Å². The largest absolute Gasteiger partial charge is 0.369 e. The molecule has 0 N–H and O–H groups in total. The second kappa shape index (κ2) is 10.9.